The number of amides is 1. The Morgan fingerprint density at radius 1 is 1.04 bits per heavy atom. The minimum atomic E-state index is -0.0943. The lowest BCUT2D eigenvalue weighted by Gasteiger charge is -2.19. The SMILES string of the molecule is Cc1nc2ccc(C(=O)N3CCN=C3c3cccc(Cl)c3)cc2nc1C. The van der Waals surface area contributed by atoms with Gasteiger partial charge in [0.05, 0.1) is 29.0 Å². The van der Waals surface area contributed by atoms with Crippen molar-refractivity contribution in [2.24, 2.45) is 4.99 Å². The normalized spacial score (nSPS) is 14.0. The Kier molecular flexibility index (Phi) is 4.17. The second-order valence-corrected chi connectivity index (χ2v) is 6.71. The van der Waals surface area contributed by atoms with Crippen molar-refractivity contribution in [2.45, 2.75) is 13.8 Å². The summed E-state index contributed by atoms with van der Waals surface area (Å²) in [6, 6.07) is 12.8. The van der Waals surface area contributed by atoms with Gasteiger partial charge in [0.25, 0.3) is 5.91 Å². The molecule has 0 radical (unpaired) electrons. The first-order chi connectivity index (χ1) is 12.5. The number of amidine groups is 1. The summed E-state index contributed by atoms with van der Waals surface area (Å²) >= 11 is 6.09. The Balaban J connectivity index is 1.70. The first-order valence-electron chi connectivity index (χ1n) is 8.40. The molecule has 130 valence electrons. The zero-order chi connectivity index (χ0) is 18.3. The van der Waals surface area contributed by atoms with E-state index in [1.807, 2.05) is 38.1 Å². The van der Waals surface area contributed by atoms with Crippen molar-refractivity contribution in [3.8, 4) is 0 Å². The molecule has 5 nitrogen and oxygen atoms in total. The van der Waals surface area contributed by atoms with Crippen molar-refractivity contribution in [2.75, 3.05) is 13.1 Å². The molecule has 2 heterocycles. The number of fused-ring (bicyclic) bond motifs is 1. The van der Waals surface area contributed by atoms with E-state index < -0.39 is 0 Å². The lowest BCUT2D eigenvalue weighted by Crippen LogP contribution is -2.34. The zero-order valence-electron chi connectivity index (χ0n) is 14.5. The number of carbonyl (C=O) groups excluding carboxylic acids is 1. The van der Waals surface area contributed by atoms with Crippen LogP contribution in [0.2, 0.25) is 5.02 Å². The number of halogens is 1. The highest BCUT2D eigenvalue weighted by molar-refractivity contribution is 6.31. The number of aryl methyl sites for hydroxylation is 2. The molecule has 0 spiro atoms. The van der Waals surface area contributed by atoms with E-state index in [0.29, 0.717) is 29.5 Å². The van der Waals surface area contributed by atoms with E-state index in [0.717, 1.165) is 28.0 Å². The van der Waals surface area contributed by atoms with Crippen LogP contribution in [-0.2, 0) is 0 Å². The smallest absolute Gasteiger partial charge is 0.259 e. The maximum Gasteiger partial charge on any atom is 0.259 e. The van der Waals surface area contributed by atoms with Crippen LogP contribution < -0.4 is 0 Å². The monoisotopic (exact) mass is 364 g/mol. The predicted molar refractivity (Wildman–Crippen MR) is 103 cm³/mol. The number of carbonyl (C=O) groups is 1. The number of nitrogens with zero attached hydrogens (tertiary/aromatic N) is 4. The van der Waals surface area contributed by atoms with Gasteiger partial charge in [0.2, 0.25) is 0 Å². The summed E-state index contributed by atoms with van der Waals surface area (Å²) in [5.41, 5.74) is 4.69. The van der Waals surface area contributed by atoms with Crippen LogP contribution in [0.15, 0.2) is 47.5 Å². The van der Waals surface area contributed by atoms with Crippen LogP contribution in [0.4, 0.5) is 0 Å². The molecule has 3 aromatic rings. The number of hydrogen-bond acceptors (Lipinski definition) is 4. The second-order valence-electron chi connectivity index (χ2n) is 6.27. The van der Waals surface area contributed by atoms with Crippen LogP contribution in [0.1, 0.15) is 27.3 Å². The topological polar surface area (TPSA) is 58.5 Å². The van der Waals surface area contributed by atoms with Crippen LogP contribution in [-0.4, -0.2) is 39.7 Å². The third-order valence-electron chi connectivity index (χ3n) is 4.49. The molecule has 26 heavy (non-hydrogen) atoms. The summed E-state index contributed by atoms with van der Waals surface area (Å²) < 4.78 is 0. The van der Waals surface area contributed by atoms with Crippen molar-refractivity contribution in [1.29, 1.82) is 0 Å². The van der Waals surface area contributed by atoms with Gasteiger partial charge in [-0.2, -0.15) is 0 Å². The Morgan fingerprint density at radius 3 is 2.58 bits per heavy atom. The predicted octanol–water partition coefficient (Wildman–Crippen LogP) is 3.80. The molecule has 0 atom stereocenters. The van der Waals surface area contributed by atoms with Crippen LogP contribution in [0.25, 0.3) is 11.0 Å². The Labute approximate surface area is 156 Å². The van der Waals surface area contributed by atoms with Crippen molar-refractivity contribution < 1.29 is 4.79 Å². The average molecular weight is 365 g/mol. The Morgan fingerprint density at radius 2 is 1.81 bits per heavy atom. The van der Waals surface area contributed by atoms with Gasteiger partial charge in [-0.25, -0.2) is 9.97 Å². The molecule has 6 heteroatoms. The second kappa shape index (κ2) is 6.50. The van der Waals surface area contributed by atoms with Gasteiger partial charge < -0.3 is 0 Å². The zero-order valence-corrected chi connectivity index (χ0v) is 15.3. The molecule has 1 aromatic heterocycles. The van der Waals surface area contributed by atoms with Gasteiger partial charge >= 0.3 is 0 Å². The summed E-state index contributed by atoms with van der Waals surface area (Å²) in [5.74, 6) is 0.562. The van der Waals surface area contributed by atoms with Crippen molar-refractivity contribution in [1.82, 2.24) is 14.9 Å². The molecule has 0 fully saturated rings. The van der Waals surface area contributed by atoms with Gasteiger partial charge in [-0.3, -0.25) is 14.7 Å². The lowest BCUT2D eigenvalue weighted by molar-refractivity contribution is 0.0858. The van der Waals surface area contributed by atoms with Crippen LogP contribution in [0.5, 0.6) is 0 Å². The third kappa shape index (κ3) is 2.95. The first kappa shape index (κ1) is 16.7. The summed E-state index contributed by atoms with van der Waals surface area (Å²) in [7, 11) is 0. The van der Waals surface area contributed by atoms with E-state index in [2.05, 4.69) is 15.0 Å². The quantitative estimate of drug-likeness (QED) is 0.694. The molecule has 0 saturated heterocycles. The van der Waals surface area contributed by atoms with E-state index in [9.17, 15) is 4.79 Å². The third-order valence-corrected chi connectivity index (χ3v) is 4.73. The maximum atomic E-state index is 13.1. The standard InChI is InChI=1S/C20H17ClN4O/c1-12-13(2)24-18-11-15(6-7-17(18)23-12)20(26)25-9-8-22-19(25)14-4-3-5-16(21)10-14/h3-7,10-11H,8-9H2,1-2H3. The lowest BCUT2D eigenvalue weighted by atomic mass is 10.1. The molecule has 4 rings (SSSR count). The number of aromatic nitrogens is 2. The van der Waals surface area contributed by atoms with Gasteiger partial charge in [0.15, 0.2) is 0 Å². The van der Waals surface area contributed by atoms with E-state index in [1.54, 1.807) is 23.1 Å². The van der Waals surface area contributed by atoms with Crippen LogP contribution in [0.3, 0.4) is 0 Å². The average Bonchev–Trinajstić information content (AvgIpc) is 3.11. The van der Waals surface area contributed by atoms with E-state index in [4.69, 9.17) is 11.6 Å². The van der Waals surface area contributed by atoms with Crippen LogP contribution >= 0.6 is 11.6 Å². The Bertz CT molecular complexity index is 1060. The van der Waals surface area contributed by atoms with Gasteiger partial charge in [-0.15, -0.1) is 0 Å². The van der Waals surface area contributed by atoms with Gasteiger partial charge in [-0.1, -0.05) is 23.7 Å². The highest BCUT2D eigenvalue weighted by atomic mass is 35.5. The molecular weight excluding hydrogens is 348 g/mol. The molecule has 1 aliphatic heterocycles. The number of hydrogen-bond donors (Lipinski definition) is 0. The van der Waals surface area contributed by atoms with Crippen molar-refractivity contribution >= 4 is 34.4 Å². The molecule has 2 aromatic carbocycles. The fourth-order valence-electron chi connectivity index (χ4n) is 3.04. The van der Waals surface area contributed by atoms with E-state index in [-0.39, 0.29) is 5.91 Å². The van der Waals surface area contributed by atoms with Crippen molar-refractivity contribution in [3.63, 3.8) is 0 Å². The summed E-state index contributed by atoms with van der Waals surface area (Å²) in [6.07, 6.45) is 0. The van der Waals surface area contributed by atoms with E-state index >= 15 is 0 Å². The van der Waals surface area contributed by atoms with Gasteiger partial charge in [-0.05, 0) is 44.2 Å². The van der Waals surface area contributed by atoms with Gasteiger partial charge in [0, 0.05) is 22.7 Å². The fraction of sp³-hybridized carbons (Fsp3) is 0.200. The largest absolute Gasteiger partial charge is 0.291 e. The number of benzene rings is 2. The molecular formula is C20H17ClN4O. The molecule has 0 saturated carbocycles. The fourth-order valence-corrected chi connectivity index (χ4v) is 3.23. The molecule has 0 unspecified atom stereocenters. The summed E-state index contributed by atoms with van der Waals surface area (Å²) in [4.78, 5) is 28.3. The maximum absolute atomic E-state index is 13.1. The number of rotatable bonds is 2. The molecule has 1 aliphatic rings. The molecule has 0 N–H and O–H groups in total. The van der Waals surface area contributed by atoms with E-state index in [1.165, 1.54) is 0 Å². The highest BCUT2D eigenvalue weighted by Gasteiger charge is 2.26. The van der Waals surface area contributed by atoms with Gasteiger partial charge in [0.1, 0.15) is 5.84 Å². The summed E-state index contributed by atoms with van der Waals surface area (Å²) in [6.45, 7) is 4.98. The van der Waals surface area contributed by atoms with Crippen LogP contribution in [0, 0.1) is 13.8 Å². The Hall–Kier alpha value is -2.79. The first-order valence-corrected chi connectivity index (χ1v) is 8.78. The molecule has 1 amide bonds. The van der Waals surface area contributed by atoms with Crippen molar-refractivity contribution in [3.05, 3.63) is 70.0 Å². The summed E-state index contributed by atoms with van der Waals surface area (Å²) in [5, 5.41) is 0.622. The molecule has 0 bridgehead atoms. The number of aliphatic imine (C=N–C) groups is 1. The minimum Gasteiger partial charge on any atom is -0.291 e. The molecule has 0 aliphatic carbocycles. The highest BCUT2D eigenvalue weighted by Crippen LogP contribution is 2.20. The minimum absolute atomic E-state index is 0.0943.